The van der Waals surface area contributed by atoms with E-state index in [1.165, 1.54) is 9.80 Å². The highest BCUT2D eigenvalue weighted by atomic mass is 16.6. The third kappa shape index (κ3) is 6.55. The second-order valence-electron chi connectivity index (χ2n) is 11.2. The zero-order valence-electron chi connectivity index (χ0n) is 24.2. The van der Waals surface area contributed by atoms with Crippen LogP contribution in [0.3, 0.4) is 0 Å². The Morgan fingerprint density at radius 3 is 1.72 bits per heavy atom. The van der Waals surface area contributed by atoms with Crippen molar-refractivity contribution in [2.24, 2.45) is 11.1 Å². The van der Waals surface area contributed by atoms with E-state index in [1.807, 2.05) is 48.6 Å². The Morgan fingerprint density at radius 2 is 1.28 bits per heavy atom. The van der Waals surface area contributed by atoms with Crippen LogP contribution in [0.2, 0.25) is 0 Å². The van der Waals surface area contributed by atoms with Crippen molar-refractivity contribution in [1.29, 1.82) is 0 Å². The van der Waals surface area contributed by atoms with Crippen molar-refractivity contribution in [3.63, 3.8) is 0 Å². The molecule has 2 heterocycles. The minimum atomic E-state index is -1.13. The molecule has 226 valence electrons. The number of nitrogens with zero attached hydrogens (tertiary/aromatic N) is 2. The van der Waals surface area contributed by atoms with Gasteiger partial charge in [-0.2, -0.15) is 0 Å². The molecule has 5 rings (SSSR count). The van der Waals surface area contributed by atoms with Gasteiger partial charge in [-0.15, -0.1) is 0 Å². The number of primary amides is 1. The molecule has 11 heteroatoms. The van der Waals surface area contributed by atoms with Gasteiger partial charge >= 0.3 is 6.09 Å². The molecule has 5 amide bonds. The number of likely N-dealkylation sites (tertiary alicyclic amines) is 2. The summed E-state index contributed by atoms with van der Waals surface area (Å²) in [5, 5.41) is 5.78. The van der Waals surface area contributed by atoms with E-state index in [9.17, 15) is 24.0 Å². The van der Waals surface area contributed by atoms with Gasteiger partial charge in [0.25, 0.3) is 0 Å². The summed E-state index contributed by atoms with van der Waals surface area (Å²) in [5.74, 6) is -1.45. The fraction of sp³-hybridized carbons (Fsp3) is 0.406. The summed E-state index contributed by atoms with van der Waals surface area (Å²) in [6, 6.07) is 13.6. The summed E-state index contributed by atoms with van der Waals surface area (Å²) in [6.07, 6.45) is 6.90. The van der Waals surface area contributed by atoms with Crippen molar-refractivity contribution in [2.45, 2.75) is 57.5 Å². The topological polar surface area (TPSA) is 151 Å². The van der Waals surface area contributed by atoms with Crippen LogP contribution in [-0.2, 0) is 23.9 Å². The molecule has 11 nitrogen and oxygen atoms in total. The van der Waals surface area contributed by atoms with Gasteiger partial charge < -0.3 is 26.0 Å². The molecule has 43 heavy (non-hydrogen) atoms. The summed E-state index contributed by atoms with van der Waals surface area (Å²) < 4.78 is 5.07. The first-order chi connectivity index (χ1) is 20.7. The van der Waals surface area contributed by atoms with Gasteiger partial charge in [0.2, 0.25) is 23.6 Å². The van der Waals surface area contributed by atoms with Crippen LogP contribution in [-0.4, -0.2) is 71.3 Å². The first-order valence-corrected chi connectivity index (χ1v) is 14.8. The van der Waals surface area contributed by atoms with Gasteiger partial charge in [0, 0.05) is 24.5 Å². The van der Waals surface area contributed by atoms with Crippen LogP contribution in [0.1, 0.15) is 56.6 Å². The number of benzene rings is 2. The van der Waals surface area contributed by atoms with E-state index < -0.39 is 29.5 Å². The third-order valence-corrected chi connectivity index (χ3v) is 8.33. The smallest absolute Gasteiger partial charge is 0.410 e. The van der Waals surface area contributed by atoms with E-state index in [-0.39, 0.29) is 24.3 Å². The molecule has 2 aromatic carbocycles. The third-order valence-electron chi connectivity index (χ3n) is 8.33. The molecule has 2 saturated heterocycles. The van der Waals surface area contributed by atoms with Gasteiger partial charge in [-0.25, -0.2) is 4.79 Å². The van der Waals surface area contributed by atoms with E-state index in [0.717, 1.165) is 17.5 Å². The SMILES string of the molecule is CCOC(=O)N1CCC[C@H]1C(=O)Nc1ccc(/C=C/c2ccc(NC(=O)[C@@H]3CCCN3C(=O)C3(C(N)=O)CC3)cc2)cc1. The molecular formula is C32H37N5O6. The summed E-state index contributed by atoms with van der Waals surface area (Å²) in [6.45, 7) is 2.96. The Kier molecular flexibility index (Phi) is 8.79. The Bertz CT molecular complexity index is 1420. The lowest BCUT2D eigenvalue weighted by Gasteiger charge is -2.27. The predicted molar refractivity (Wildman–Crippen MR) is 161 cm³/mol. The maximum Gasteiger partial charge on any atom is 0.410 e. The number of anilines is 2. The second-order valence-corrected chi connectivity index (χ2v) is 11.2. The van der Waals surface area contributed by atoms with Crippen molar-refractivity contribution >= 4 is 53.2 Å². The highest BCUT2D eigenvalue weighted by Gasteiger charge is 2.58. The van der Waals surface area contributed by atoms with E-state index >= 15 is 0 Å². The summed E-state index contributed by atoms with van der Waals surface area (Å²) >= 11 is 0. The molecule has 2 atom stereocenters. The number of ether oxygens (including phenoxy) is 1. The minimum Gasteiger partial charge on any atom is -0.450 e. The Balaban J connectivity index is 1.13. The Morgan fingerprint density at radius 1 is 0.814 bits per heavy atom. The number of nitrogens with one attached hydrogen (secondary N) is 2. The minimum absolute atomic E-state index is 0.231. The molecule has 0 spiro atoms. The molecule has 0 bridgehead atoms. The average molecular weight is 588 g/mol. The van der Waals surface area contributed by atoms with E-state index in [2.05, 4.69) is 10.6 Å². The maximum atomic E-state index is 13.0. The van der Waals surface area contributed by atoms with Crippen LogP contribution in [0.4, 0.5) is 16.2 Å². The van der Waals surface area contributed by atoms with Crippen LogP contribution in [0.25, 0.3) is 12.2 Å². The molecule has 0 radical (unpaired) electrons. The number of carbonyl (C=O) groups excluding carboxylic acids is 5. The molecule has 2 aliphatic heterocycles. The number of rotatable bonds is 9. The van der Waals surface area contributed by atoms with Crippen molar-refractivity contribution in [3.05, 3.63) is 59.7 Å². The Labute approximate surface area is 250 Å². The van der Waals surface area contributed by atoms with Crippen LogP contribution in [0.15, 0.2) is 48.5 Å². The standard InChI is InChI=1S/C32H37N5O6/c1-2-43-31(42)37-20-4-6-26(37)28(39)35-24-15-11-22(12-16-24)8-7-21-9-13-23(14-10-21)34-27(38)25-5-3-19-36(25)30(41)32(17-18-32)29(33)40/h7-16,25-26H,2-6,17-20H2,1H3,(H2,33,40)(H,34,38)(H,35,39)/b8-7+/t25-,26-/m0/s1. The summed E-state index contributed by atoms with van der Waals surface area (Å²) in [7, 11) is 0. The van der Waals surface area contributed by atoms with Crippen LogP contribution < -0.4 is 16.4 Å². The highest BCUT2D eigenvalue weighted by molar-refractivity contribution is 6.09. The van der Waals surface area contributed by atoms with Crippen molar-refractivity contribution in [3.8, 4) is 0 Å². The lowest BCUT2D eigenvalue weighted by atomic mass is 10.0. The summed E-state index contributed by atoms with van der Waals surface area (Å²) in [5.41, 5.74) is 7.44. The lowest BCUT2D eigenvalue weighted by molar-refractivity contribution is -0.146. The number of nitrogens with two attached hydrogens (primary N) is 1. The fourth-order valence-electron chi connectivity index (χ4n) is 5.71. The number of amides is 5. The molecule has 1 saturated carbocycles. The largest absolute Gasteiger partial charge is 0.450 e. The molecule has 3 aliphatic rings. The zero-order valence-corrected chi connectivity index (χ0v) is 24.2. The predicted octanol–water partition coefficient (Wildman–Crippen LogP) is 3.61. The summed E-state index contributed by atoms with van der Waals surface area (Å²) in [4.78, 5) is 65.6. The first kappa shape index (κ1) is 29.8. The van der Waals surface area contributed by atoms with E-state index in [1.54, 1.807) is 19.1 Å². The number of hydrogen-bond donors (Lipinski definition) is 3. The van der Waals surface area contributed by atoms with Crippen LogP contribution in [0.5, 0.6) is 0 Å². The molecule has 0 unspecified atom stereocenters. The number of hydrogen-bond acceptors (Lipinski definition) is 6. The van der Waals surface area contributed by atoms with Gasteiger partial charge in [0.05, 0.1) is 6.61 Å². The van der Waals surface area contributed by atoms with Gasteiger partial charge in [0.15, 0.2) is 0 Å². The fourth-order valence-corrected chi connectivity index (χ4v) is 5.71. The van der Waals surface area contributed by atoms with Gasteiger partial charge in [-0.05, 0) is 80.8 Å². The van der Waals surface area contributed by atoms with Gasteiger partial charge in [-0.1, -0.05) is 36.4 Å². The van der Waals surface area contributed by atoms with Crippen LogP contribution in [0, 0.1) is 5.41 Å². The molecule has 3 fully saturated rings. The van der Waals surface area contributed by atoms with Gasteiger partial charge in [-0.3, -0.25) is 24.1 Å². The quantitative estimate of drug-likeness (QED) is 0.301. The second kappa shape index (κ2) is 12.7. The van der Waals surface area contributed by atoms with Crippen LogP contribution >= 0.6 is 0 Å². The lowest BCUT2D eigenvalue weighted by Crippen LogP contribution is -2.49. The first-order valence-electron chi connectivity index (χ1n) is 14.8. The van der Waals surface area contributed by atoms with Crippen molar-refractivity contribution in [2.75, 3.05) is 30.3 Å². The molecule has 2 aromatic rings. The molecule has 0 aromatic heterocycles. The average Bonchev–Trinajstić information content (AvgIpc) is 3.42. The van der Waals surface area contributed by atoms with E-state index in [4.69, 9.17) is 10.5 Å². The van der Waals surface area contributed by atoms with E-state index in [0.29, 0.717) is 56.6 Å². The van der Waals surface area contributed by atoms with Crippen molar-refractivity contribution in [1.82, 2.24) is 9.80 Å². The normalized spacial score (nSPS) is 20.6. The molecule has 1 aliphatic carbocycles. The van der Waals surface area contributed by atoms with Crippen molar-refractivity contribution < 1.29 is 28.7 Å². The number of carbonyl (C=O) groups is 5. The molecule has 4 N–H and O–H groups in total. The highest BCUT2D eigenvalue weighted by Crippen LogP contribution is 2.48. The monoisotopic (exact) mass is 587 g/mol. The molecular weight excluding hydrogens is 550 g/mol. The zero-order chi connectivity index (χ0) is 30.6. The van der Waals surface area contributed by atoms with Gasteiger partial charge in [0.1, 0.15) is 17.5 Å². The Hall–Kier alpha value is -4.67. The maximum absolute atomic E-state index is 13.0.